The highest BCUT2D eigenvalue weighted by atomic mass is 15.3. The van der Waals surface area contributed by atoms with Gasteiger partial charge < -0.3 is 20.1 Å². The lowest BCUT2D eigenvalue weighted by molar-refractivity contribution is 0.292. The van der Waals surface area contributed by atoms with Crippen molar-refractivity contribution in [3.63, 3.8) is 0 Å². The zero-order chi connectivity index (χ0) is 17.9. The maximum atomic E-state index is 4.63. The van der Waals surface area contributed by atoms with Crippen molar-refractivity contribution in [2.24, 2.45) is 12.0 Å². The highest BCUT2D eigenvalue weighted by Crippen LogP contribution is 2.01. The second kappa shape index (κ2) is 11.0. The fourth-order valence-electron chi connectivity index (χ4n) is 2.52. The van der Waals surface area contributed by atoms with Gasteiger partial charge in [0.2, 0.25) is 0 Å². The van der Waals surface area contributed by atoms with Crippen molar-refractivity contribution in [3.05, 3.63) is 11.6 Å². The number of hydrogen-bond donors (Lipinski definition) is 2. The predicted octanol–water partition coefficient (Wildman–Crippen LogP) is 1.69. The highest BCUT2D eigenvalue weighted by Gasteiger charge is 2.08. The normalized spacial score (nSPS) is 13.4. The van der Waals surface area contributed by atoms with Gasteiger partial charge in [0.1, 0.15) is 12.4 Å². The lowest BCUT2D eigenvalue weighted by Gasteiger charge is -2.21. The van der Waals surface area contributed by atoms with Gasteiger partial charge >= 0.3 is 0 Å². The third-order valence-electron chi connectivity index (χ3n) is 4.29. The first kappa shape index (κ1) is 20.4. The van der Waals surface area contributed by atoms with E-state index in [-0.39, 0.29) is 0 Å². The molecule has 1 atom stereocenters. The number of nitrogens with zero attached hydrogens (tertiary/aromatic N) is 5. The molecule has 0 fully saturated rings. The number of hydrogen-bond acceptors (Lipinski definition) is 4. The quantitative estimate of drug-likeness (QED) is 0.502. The van der Waals surface area contributed by atoms with E-state index in [1.54, 1.807) is 0 Å². The number of guanidine groups is 1. The molecule has 1 aromatic rings. The largest absolute Gasteiger partial charge is 0.357 e. The molecule has 1 heterocycles. The zero-order valence-electron chi connectivity index (χ0n) is 16.3. The molecule has 2 N–H and O–H groups in total. The fourth-order valence-corrected chi connectivity index (χ4v) is 2.52. The smallest absolute Gasteiger partial charge is 0.191 e. The monoisotopic (exact) mass is 337 g/mol. The molecule has 138 valence electrons. The molecular weight excluding hydrogens is 302 g/mol. The van der Waals surface area contributed by atoms with Gasteiger partial charge in [-0.25, -0.2) is 4.99 Å². The van der Waals surface area contributed by atoms with Crippen LogP contribution in [0.25, 0.3) is 0 Å². The summed E-state index contributed by atoms with van der Waals surface area (Å²) in [6.45, 7) is 15.4. The molecule has 0 aliphatic heterocycles. The van der Waals surface area contributed by atoms with Crippen LogP contribution in [-0.2, 0) is 13.6 Å². The van der Waals surface area contributed by atoms with Gasteiger partial charge in [-0.2, -0.15) is 0 Å². The molecule has 0 aromatic carbocycles. The van der Waals surface area contributed by atoms with Gasteiger partial charge in [0, 0.05) is 19.6 Å². The van der Waals surface area contributed by atoms with Crippen LogP contribution < -0.4 is 10.6 Å². The molecule has 1 unspecified atom stereocenters. The molecule has 0 aliphatic carbocycles. The average Bonchev–Trinajstić information content (AvgIpc) is 2.88. The van der Waals surface area contributed by atoms with Gasteiger partial charge in [0.05, 0.1) is 0 Å². The van der Waals surface area contributed by atoms with Crippen molar-refractivity contribution >= 4 is 5.96 Å². The summed E-state index contributed by atoms with van der Waals surface area (Å²) in [4.78, 5) is 7.09. The minimum atomic E-state index is 0.389. The van der Waals surface area contributed by atoms with Crippen molar-refractivity contribution in [2.45, 2.75) is 60.0 Å². The van der Waals surface area contributed by atoms with Crippen LogP contribution >= 0.6 is 0 Å². The van der Waals surface area contributed by atoms with Crippen molar-refractivity contribution in [3.8, 4) is 0 Å². The van der Waals surface area contributed by atoms with Crippen molar-refractivity contribution in [1.82, 2.24) is 30.3 Å². The molecule has 1 rings (SSSR count). The third kappa shape index (κ3) is 6.86. The molecule has 7 heteroatoms. The first-order valence-electron chi connectivity index (χ1n) is 9.13. The van der Waals surface area contributed by atoms with Crippen LogP contribution in [0.4, 0.5) is 0 Å². The number of aliphatic imine (C=N–C) groups is 1. The standard InChI is InChI=1S/C17H35N7/c1-7-18-17(19-13-16-22-21-15(5)23(16)6)20-14(4)11-10-12-24(8-2)9-3/h14H,7-13H2,1-6H3,(H2,18,19,20). The van der Waals surface area contributed by atoms with E-state index in [0.29, 0.717) is 12.6 Å². The van der Waals surface area contributed by atoms with Gasteiger partial charge in [-0.15, -0.1) is 10.2 Å². The molecule has 7 nitrogen and oxygen atoms in total. The van der Waals surface area contributed by atoms with Crippen LogP contribution in [0.15, 0.2) is 4.99 Å². The van der Waals surface area contributed by atoms with Gasteiger partial charge in [-0.1, -0.05) is 13.8 Å². The number of rotatable bonds is 10. The number of aromatic nitrogens is 3. The lowest BCUT2D eigenvalue weighted by Crippen LogP contribution is -2.42. The van der Waals surface area contributed by atoms with E-state index >= 15 is 0 Å². The molecular formula is C17H35N7. The Kier molecular flexibility index (Phi) is 9.37. The topological polar surface area (TPSA) is 70.4 Å². The Hall–Kier alpha value is -1.63. The van der Waals surface area contributed by atoms with Crippen LogP contribution in [-0.4, -0.2) is 57.8 Å². The van der Waals surface area contributed by atoms with Gasteiger partial charge in [-0.3, -0.25) is 0 Å². The molecule has 0 amide bonds. The molecule has 0 radical (unpaired) electrons. The Morgan fingerprint density at radius 3 is 2.50 bits per heavy atom. The summed E-state index contributed by atoms with van der Waals surface area (Å²) in [5, 5.41) is 15.0. The van der Waals surface area contributed by atoms with E-state index in [1.165, 1.54) is 6.42 Å². The SMILES string of the molecule is CCNC(=NCc1nnc(C)n1C)NC(C)CCCN(CC)CC. The first-order chi connectivity index (χ1) is 11.5. The summed E-state index contributed by atoms with van der Waals surface area (Å²) in [6, 6.07) is 0.389. The average molecular weight is 338 g/mol. The number of aryl methyl sites for hydroxylation is 1. The highest BCUT2D eigenvalue weighted by molar-refractivity contribution is 5.79. The second-order valence-electron chi connectivity index (χ2n) is 6.13. The Morgan fingerprint density at radius 1 is 1.25 bits per heavy atom. The second-order valence-corrected chi connectivity index (χ2v) is 6.13. The van der Waals surface area contributed by atoms with E-state index in [9.17, 15) is 0 Å². The molecule has 0 aliphatic rings. The third-order valence-corrected chi connectivity index (χ3v) is 4.29. The van der Waals surface area contributed by atoms with E-state index in [2.05, 4.69) is 58.4 Å². The molecule has 0 spiro atoms. The molecule has 0 saturated heterocycles. The van der Waals surface area contributed by atoms with Crippen LogP contribution in [0.5, 0.6) is 0 Å². The van der Waals surface area contributed by atoms with E-state index in [4.69, 9.17) is 0 Å². The van der Waals surface area contributed by atoms with Crippen LogP contribution in [0, 0.1) is 6.92 Å². The first-order valence-corrected chi connectivity index (χ1v) is 9.13. The summed E-state index contributed by atoms with van der Waals surface area (Å²) in [5.74, 6) is 2.62. The molecule has 0 bridgehead atoms. The number of nitrogens with one attached hydrogen (secondary N) is 2. The van der Waals surface area contributed by atoms with Crippen LogP contribution in [0.3, 0.4) is 0 Å². The summed E-state index contributed by atoms with van der Waals surface area (Å²) >= 11 is 0. The molecule has 24 heavy (non-hydrogen) atoms. The van der Waals surface area contributed by atoms with E-state index in [0.717, 1.165) is 50.2 Å². The van der Waals surface area contributed by atoms with E-state index < -0.39 is 0 Å². The van der Waals surface area contributed by atoms with Gasteiger partial charge in [0.25, 0.3) is 0 Å². The summed E-state index contributed by atoms with van der Waals surface area (Å²) < 4.78 is 1.97. The molecule has 0 saturated carbocycles. The maximum absolute atomic E-state index is 4.63. The predicted molar refractivity (Wildman–Crippen MR) is 100 cm³/mol. The Balaban J connectivity index is 2.49. The lowest BCUT2D eigenvalue weighted by atomic mass is 10.2. The summed E-state index contributed by atoms with van der Waals surface area (Å²) in [7, 11) is 1.97. The maximum Gasteiger partial charge on any atom is 0.191 e. The Morgan fingerprint density at radius 2 is 1.96 bits per heavy atom. The summed E-state index contributed by atoms with van der Waals surface area (Å²) in [6.07, 6.45) is 2.32. The fraction of sp³-hybridized carbons (Fsp3) is 0.824. The minimum absolute atomic E-state index is 0.389. The zero-order valence-corrected chi connectivity index (χ0v) is 16.3. The van der Waals surface area contributed by atoms with Gasteiger partial charge in [-0.05, 0) is 53.2 Å². The minimum Gasteiger partial charge on any atom is -0.357 e. The van der Waals surface area contributed by atoms with Crippen LogP contribution in [0.1, 0.15) is 52.2 Å². The van der Waals surface area contributed by atoms with Crippen molar-refractivity contribution in [1.29, 1.82) is 0 Å². The van der Waals surface area contributed by atoms with Crippen molar-refractivity contribution < 1.29 is 0 Å². The Bertz CT molecular complexity index is 491. The Labute approximate surface area is 146 Å². The van der Waals surface area contributed by atoms with Crippen LogP contribution in [0.2, 0.25) is 0 Å². The van der Waals surface area contributed by atoms with Crippen molar-refractivity contribution in [2.75, 3.05) is 26.2 Å². The van der Waals surface area contributed by atoms with Gasteiger partial charge in [0.15, 0.2) is 11.8 Å². The van der Waals surface area contributed by atoms with E-state index in [1.807, 2.05) is 18.5 Å². The molecule has 1 aromatic heterocycles. The summed E-state index contributed by atoms with van der Waals surface area (Å²) in [5.41, 5.74) is 0.